The number of esters is 1. The molecule has 7 heteroatoms. The van der Waals surface area contributed by atoms with E-state index in [1.165, 1.54) is 7.11 Å². The number of ether oxygens (including phenoxy) is 1. The van der Waals surface area contributed by atoms with Crippen molar-refractivity contribution in [1.29, 1.82) is 0 Å². The van der Waals surface area contributed by atoms with Crippen LogP contribution in [0.2, 0.25) is 0 Å². The predicted octanol–water partition coefficient (Wildman–Crippen LogP) is 1.78. The Kier molecular flexibility index (Phi) is 5.15. The molecule has 27 heavy (non-hydrogen) atoms. The second kappa shape index (κ2) is 7.23. The third-order valence-electron chi connectivity index (χ3n) is 5.58. The molecule has 0 bridgehead atoms. The Morgan fingerprint density at radius 3 is 2.44 bits per heavy atom. The minimum atomic E-state index is -1.34. The average Bonchev–Trinajstić information content (AvgIpc) is 3.00. The van der Waals surface area contributed by atoms with Crippen molar-refractivity contribution < 1.29 is 14.6 Å². The second-order valence-electron chi connectivity index (χ2n) is 7.25. The van der Waals surface area contributed by atoms with Crippen LogP contribution in [0.4, 0.5) is 5.69 Å². The smallest absolute Gasteiger partial charge is 0.312 e. The maximum Gasteiger partial charge on any atom is 0.312 e. The lowest BCUT2D eigenvalue weighted by Gasteiger charge is -2.40. The number of hydrogen-bond acceptors (Lipinski definition) is 5. The van der Waals surface area contributed by atoms with Crippen molar-refractivity contribution in [2.24, 2.45) is 5.92 Å². The first-order valence-corrected chi connectivity index (χ1v) is 9.28. The number of aromatic amines is 2. The molecule has 1 aliphatic rings. The highest BCUT2D eigenvalue weighted by atomic mass is 16.5. The van der Waals surface area contributed by atoms with Crippen molar-refractivity contribution in [3.63, 3.8) is 0 Å². The maximum atomic E-state index is 12.6. The van der Waals surface area contributed by atoms with Crippen molar-refractivity contribution in [3.05, 3.63) is 51.4 Å². The molecule has 0 fully saturated rings. The van der Waals surface area contributed by atoms with Gasteiger partial charge in [0.25, 0.3) is 5.56 Å². The molecule has 0 saturated heterocycles. The first-order valence-electron chi connectivity index (χ1n) is 9.28. The molecular weight excluding hydrogens is 346 g/mol. The lowest BCUT2D eigenvalue weighted by Crippen LogP contribution is -2.49. The van der Waals surface area contributed by atoms with Crippen LogP contribution in [-0.4, -0.2) is 47.1 Å². The molecule has 3 N–H and O–H groups in total. The molecule has 1 heterocycles. The number of aliphatic hydroxyl groups is 1. The minimum Gasteiger partial charge on any atom is -0.469 e. The molecule has 0 unspecified atom stereocenters. The van der Waals surface area contributed by atoms with Gasteiger partial charge in [0.1, 0.15) is 0 Å². The van der Waals surface area contributed by atoms with E-state index in [2.05, 4.69) is 28.9 Å². The first kappa shape index (κ1) is 19.2. The van der Waals surface area contributed by atoms with Gasteiger partial charge in [0.15, 0.2) is 0 Å². The van der Waals surface area contributed by atoms with Gasteiger partial charge >= 0.3 is 5.97 Å². The number of nitrogens with zero attached hydrogens (tertiary/aromatic N) is 1. The zero-order valence-electron chi connectivity index (χ0n) is 16.2. The fourth-order valence-electron chi connectivity index (χ4n) is 4.22. The first-order chi connectivity index (χ1) is 12.8. The molecular formula is C20H27N3O4. The van der Waals surface area contributed by atoms with Crippen LogP contribution in [0, 0.1) is 5.92 Å². The zero-order valence-corrected chi connectivity index (χ0v) is 16.2. The third kappa shape index (κ3) is 3.27. The monoisotopic (exact) mass is 373 g/mol. The molecule has 146 valence electrons. The van der Waals surface area contributed by atoms with Crippen LogP contribution >= 0.6 is 0 Å². The number of aromatic nitrogens is 2. The lowest BCUT2D eigenvalue weighted by atomic mass is 9.66. The van der Waals surface area contributed by atoms with Gasteiger partial charge in [-0.15, -0.1) is 0 Å². The standard InChI is InChI=1S/C20H27N3O4/c1-5-23(6-2)13-9-7-12(8-10-13)15-16-14(21-22-18(16)24)11-20(3,26)17(15)19(25)27-4/h7-10,15,17,26H,5-6,11H2,1-4H3,(H2,21,22,24)/t15-,17-,20+/m1/s1. The van der Waals surface area contributed by atoms with E-state index in [-0.39, 0.29) is 12.0 Å². The van der Waals surface area contributed by atoms with Crippen molar-refractivity contribution in [2.75, 3.05) is 25.1 Å². The molecule has 0 saturated carbocycles. The zero-order chi connectivity index (χ0) is 19.8. The quantitative estimate of drug-likeness (QED) is 0.694. The normalized spacial score (nSPS) is 24.3. The van der Waals surface area contributed by atoms with E-state index in [1.807, 2.05) is 24.3 Å². The highest BCUT2D eigenvalue weighted by Gasteiger charge is 2.51. The summed E-state index contributed by atoms with van der Waals surface area (Å²) in [6.45, 7) is 7.57. The van der Waals surface area contributed by atoms with E-state index < -0.39 is 23.4 Å². The number of hydrogen-bond donors (Lipinski definition) is 3. The number of carbonyl (C=O) groups is 1. The van der Waals surface area contributed by atoms with E-state index in [4.69, 9.17) is 4.74 Å². The Balaban J connectivity index is 2.13. The Labute approximate surface area is 158 Å². The Morgan fingerprint density at radius 1 is 1.26 bits per heavy atom. The fraction of sp³-hybridized carbons (Fsp3) is 0.500. The molecule has 0 aliphatic heterocycles. The van der Waals surface area contributed by atoms with E-state index in [0.29, 0.717) is 11.3 Å². The number of carbonyl (C=O) groups excluding carboxylic acids is 1. The van der Waals surface area contributed by atoms with Crippen LogP contribution in [0.25, 0.3) is 0 Å². The van der Waals surface area contributed by atoms with Crippen LogP contribution in [0.3, 0.4) is 0 Å². The molecule has 2 aromatic rings. The molecule has 0 radical (unpaired) electrons. The van der Waals surface area contributed by atoms with Gasteiger partial charge in [0.05, 0.1) is 18.6 Å². The number of benzene rings is 1. The molecule has 0 amide bonds. The van der Waals surface area contributed by atoms with Gasteiger partial charge in [0.2, 0.25) is 0 Å². The van der Waals surface area contributed by atoms with Gasteiger partial charge < -0.3 is 19.8 Å². The van der Waals surface area contributed by atoms with Gasteiger partial charge in [-0.3, -0.25) is 14.7 Å². The summed E-state index contributed by atoms with van der Waals surface area (Å²) in [4.78, 5) is 27.2. The lowest BCUT2D eigenvalue weighted by molar-refractivity contribution is -0.156. The largest absolute Gasteiger partial charge is 0.469 e. The second-order valence-corrected chi connectivity index (χ2v) is 7.25. The highest BCUT2D eigenvalue weighted by molar-refractivity contribution is 5.77. The van der Waals surface area contributed by atoms with E-state index >= 15 is 0 Å². The number of nitrogens with one attached hydrogen (secondary N) is 2. The molecule has 3 rings (SSSR count). The molecule has 1 aromatic heterocycles. The highest BCUT2D eigenvalue weighted by Crippen LogP contribution is 2.44. The van der Waals surface area contributed by atoms with Gasteiger partial charge in [-0.2, -0.15) is 0 Å². The number of fused-ring (bicyclic) bond motifs is 1. The number of anilines is 1. The number of rotatable bonds is 5. The molecule has 1 aliphatic carbocycles. The summed E-state index contributed by atoms with van der Waals surface area (Å²) < 4.78 is 4.98. The topological polar surface area (TPSA) is 98.4 Å². The predicted molar refractivity (Wildman–Crippen MR) is 103 cm³/mol. The summed E-state index contributed by atoms with van der Waals surface area (Å²) >= 11 is 0. The summed E-state index contributed by atoms with van der Waals surface area (Å²) in [5.41, 5.74) is 1.38. The average molecular weight is 373 g/mol. The number of methoxy groups -OCH3 is 1. The van der Waals surface area contributed by atoms with Crippen LogP contribution in [0.1, 0.15) is 43.5 Å². The fourth-order valence-corrected chi connectivity index (χ4v) is 4.22. The molecule has 0 spiro atoms. The minimum absolute atomic E-state index is 0.175. The molecule has 7 nitrogen and oxygen atoms in total. The summed E-state index contributed by atoms with van der Waals surface area (Å²) in [5, 5.41) is 16.4. The van der Waals surface area contributed by atoms with Crippen molar-refractivity contribution in [3.8, 4) is 0 Å². The van der Waals surface area contributed by atoms with Crippen LogP contribution < -0.4 is 10.5 Å². The van der Waals surface area contributed by atoms with E-state index in [1.54, 1.807) is 6.92 Å². The van der Waals surface area contributed by atoms with E-state index in [9.17, 15) is 14.7 Å². The van der Waals surface area contributed by atoms with Gasteiger partial charge in [-0.05, 0) is 38.5 Å². The summed E-state index contributed by atoms with van der Waals surface area (Å²) in [6.07, 6.45) is 0.175. The van der Waals surface area contributed by atoms with Gasteiger partial charge in [-0.1, -0.05) is 12.1 Å². The Morgan fingerprint density at radius 2 is 1.89 bits per heavy atom. The summed E-state index contributed by atoms with van der Waals surface area (Å²) in [5.74, 6) is -1.98. The van der Waals surface area contributed by atoms with Crippen molar-refractivity contribution in [2.45, 2.75) is 38.7 Å². The Bertz CT molecular complexity index is 862. The maximum absolute atomic E-state index is 12.6. The van der Waals surface area contributed by atoms with Crippen LogP contribution in [0.15, 0.2) is 29.1 Å². The summed E-state index contributed by atoms with van der Waals surface area (Å²) in [7, 11) is 1.30. The van der Waals surface area contributed by atoms with Gasteiger partial charge in [-0.25, -0.2) is 0 Å². The van der Waals surface area contributed by atoms with Crippen LogP contribution in [-0.2, 0) is 16.0 Å². The molecule has 3 atom stereocenters. The SMILES string of the molecule is CCN(CC)c1ccc([C@@H]2c3c([nH][nH]c3=O)C[C@](C)(O)[C@H]2C(=O)OC)cc1. The van der Waals surface area contributed by atoms with E-state index in [0.717, 1.165) is 24.3 Å². The van der Waals surface area contributed by atoms with Gasteiger partial charge in [0, 0.05) is 42.4 Å². The van der Waals surface area contributed by atoms with Crippen LogP contribution in [0.5, 0.6) is 0 Å². The third-order valence-corrected chi connectivity index (χ3v) is 5.58. The summed E-state index contributed by atoms with van der Waals surface area (Å²) in [6, 6.07) is 7.82. The number of H-pyrrole nitrogens is 2. The molecule has 1 aromatic carbocycles. The Hall–Kier alpha value is -2.54. The van der Waals surface area contributed by atoms with Crippen molar-refractivity contribution >= 4 is 11.7 Å². The van der Waals surface area contributed by atoms with Crippen molar-refractivity contribution in [1.82, 2.24) is 10.2 Å².